The van der Waals surface area contributed by atoms with Crippen molar-refractivity contribution in [2.45, 2.75) is 43.7 Å². The van der Waals surface area contributed by atoms with E-state index in [9.17, 15) is 5.11 Å². The van der Waals surface area contributed by atoms with E-state index in [0.717, 1.165) is 18.1 Å². The van der Waals surface area contributed by atoms with Gasteiger partial charge in [-0.05, 0) is 25.1 Å². The number of thioether (sulfide) groups is 1. The van der Waals surface area contributed by atoms with Crippen LogP contribution in [0.2, 0.25) is 0 Å². The molecule has 0 saturated carbocycles. The maximum atomic E-state index is 9.39. The van der Waals surface area contributed by atoms with E-state index in [2.05, 4.69) is 23.3 Å². The SMILES string of the molecule is CCNCc1ccc(SC(C)C(C)O)nc1. The minimum Gasteiger partial charge on any atom is -0.392 e. The summed E-state index contributed by atoms with van der Waals surface area (Å²) in [6, 6.07) is 4.09. The van der Waals surface area contributed by atoms with Gasteiger partial charge in [0.15, 0.2) is 0 Å². The standard InChI is InChI=1S/C12H20N2OS/c1-4-13-7-11-5-6-12(14-8-11)16-10(3)9(2)15/h5-6,8-10,13,15H,4,7H2,1-3H3. The third-order valence-electron chi connectivity index (χ3n) is 2.36. The summed E-state index contributed by atoms with van der Waals surface area (Å²) in [6.07, 6.45) is 1.58. The molecule has 0 aliphatic carbocycles. The molecule has 1 aromatic heterocycles. The molecular weight excluding hydrogens is 220 g/mol. The summed E-state index contributed by atoms with van der Waals surface area (Å²) in [5, 5.41) is 13.8. The molecule has 4 heteroatoms. The first kappa shape index (κ1) is 13.5. The van der Waals surface area contributed by atoms with Crippen molar-refractivity contribution in [1.29, 1.82) is 0 Å². The molecule has 90 valence electrons. The van der Waals surface area contributed by atoms with Crippen molar-refractivity contribution >= 4 is 11.8 Å². The monoisotopic (exact) mass is 240 g/mol. The number of rotatable bonds is 6. The maximum Gasteiger partial charge on any atom is 0.0963 e. The molecule has 0 aromatic carbocycles. The van der Waals surface area contributed by atoms with Gasteiger partial charge in [-0.1, -0.05) is 19.9 Å². The highest BCUT2D eigenvalue weighted by atomic mass is 32.2. The Kier molecular flexibility index (Phi) is 5.80. The normalized spacial score (nSPS) is 14.8. The molecule has 0 fully saturated rings. The molecular formula is C12H20N2OS. The van der Waals surface area contributed by atoms with Crippen LogP contribution in [0.1, 0.15) is 26.3 Å². The van der Waals surface area contributed by atoms with E-state index in [1.54, 1.807) is 18.7 Å². The fourth-order valence-corrected chi connectivity index (χ4v) is 1.98. The molecule has 16 heavy (non-hydrogen) atoms. The minimum absolute atomic E-state index is 0.173. The lowest BCUT2D eigenvalue weighted by atomic mass is 10.3. The molecule has 0 saturated heterocycles. The van der Waals surface area contributed by atoms with E-state index in [1.165, 1.54) is 5.56 Å². The number of pyridine rings is 1. The Bertz CT molecular complexity index is 300. The van der Waals surface area contributed by atoms with Crippen LogP contribution in [0.15, 0.2) is 23.4 Å². The Labute approximate surface area is 102 Å². The zero-order valence-electron chi connectivity index (χ0n) is 10.1. The van der Waals surface area contributed by atoms with Crippen LogP contribution in [-0.4, -0.2) is 28.0 Å². The molecule has 2 atom stereocenters. The second-order valence-corrected chi connectivity index (χ2v) is 5.25. The smallest absolute Gasteiger partial charge is 0.0963 e. The zero-order chi connectivity index (χ0) is 12.0. The Hall–Kier alpha value is -0.580. The number of aliphatic hydroxyl groups is 1. The van der Waals surface area contributed by atoms with Gasteiger partial charge in [-0.2, -0.15) is 0 Å². The number of hydrogen-bond donors (Lipinski definition) is 2. The fraction of sp³-hybridized carbons (Fsp3) is 0.583. The average molecular weight is 240 g/mol. The highest BCUT2D eigenvalue weighted by molar-refractivity contribution is 7.99. The molecule has 0 amide bonds. The lowest BCUT2D eigenvalue weighted by molar-refractivity contribution is 0.196. The molecule has 3 nitrogen and oxygen atoms in total. The second kappa shape index (κ2) is 6.89. The van der Waals surface area contributed by atoms with Gasteiger partial charge in [-0.15, -0.1) is 11.8 Å². The van der Waals surface area contributed by atoms with Crippen molar-refractivity contribution in [2.24, 2.45) is 0 Å². The number of aliphatic hydroxyl groups excluding tert-OH is 1. The van der Waals surface area contributed by atoms with E-state index < -0.39 is 0 Å². The molecule has 1 rings (SSSR count). The van der Waals surface area contributed by atoms with Crippen molar-refractivity contribution < 1.29 is 5.11 Å². The maximum absolute atomic E-state index is 9.39. The number of aromatic nitrogens is 1. The molecule has 1 heterocycles. The van der Waals surface area contributed by atoms with E-state index >= 15 is 0 Å². The van der Waals surface area contributed by atoms with Gasteiger partial charge in [0.1, 0.15) is 0 Å². The van der Waals surface area contributed by atoms with Crippen LogP contribution in [0, 0.1) is 0 Å². The number of hydrogen-bond acceptors (Lipinski definition) is 4. The first-order valence-corrected chi connectivity index (χ1v) is 6.51. The Balaban J connectivity index is 2.51. The highest BCUT2D eigenvalue weighted by Gasteiger charge is 2.10. The summed E-state index contributed by atoms with van der Waals surface area (Å²) in [6.45, 7) is 7.72. The van der Waals surface area contributed by atoms with Crippen molar-refractivity contribution in [3.05, 3.63) is 23.9 Å². The minimum atomic E-state index is -0.312. The van der Waals surface area contributed by atoms with Crippen LogP contribution in [0.5, 0.6) is 0 Å². The molecule has 2 N–H and O–H groups in total. The molecule has 2 unspecified atom stereocenters. The van der Waals surface area contributed by atoms with Gasteiger partial charge in [0.05, 0.1) is 11.1 Å². The predicted octanol–water partition coefficient (Wildman–Crippen LogP) is 2.05. The Morgan fingerprint density at radius 2 is 2.19 bits per heavy atom. The van der Waals surface area contributed by atoms with Crippen molar-refractivity contribution in [2.75, 3.05) is 6.54 Å². The molecule has 0 spiro atoms. The quantitative estimate of drug-likeness (QED) is 0.747. The van der Waals surface area contributed by atoms with Crippen LogP contribution in [0.4, 0.5) is 0 Å². The Morgan fingerprint density at radius 1 is 1.44 bits per heavy atom. The molecule has 0 aliphatic rings. The molecule has 0 aliphatic heterocycles. The second-order valence-electron chi connectivity index (χ2n) is 3.85. The van der Waals surface area contributed by atoms with E-state index in [-0.39, 0.29) is 11.4 Å². The van der Waals surface area contributed by atoms with Gasteiger partial charge in [-0.25, -0.2) is 4.98 Å². The van der Waals surface area contributed by atoms with Gasteiger partial charge in [0.2, 0.25) is 0 Å². The van der Waals surface area contributed by atoms with Crippen molar-refractivity contribution in [3.63, 3.8) is 0 Å². The van der Waals surface area contributed by atoms with Gasteiger partial charge < -0.3 is 10.4 Å². The Morgan fingerprint density at radius 3 is 2.69 bits per heavy atom. The third-order valence-corrected chi connectivity index (χ3v) is 3.61. The first-order chi connectivity index (χ1) is 7.63. The van der Waals surface area contributed by atoms with Gasteiger partial charge >= 0.3 is 0 Å². The number of nitrogens with zero attached hydrogens (tertiary/aromatic N) is 1. The summed E-state index contributed by atoms with van der Waals surface area (Å²) >= 11 is 1.60. The fourth-order valence-electron chi connectivity index (χ4n) is 1.14. The number of nitrogens with one attached hydrogen (secondary N) is 1. The zero-order valence-corrected chi connectivity index (χ0v) is 10.9. The summed E-state index contributed by atoms with van der Waals surface area (Å²) < 4.78 is 0. The molecule has 0 bridgehead atoms. The molecule has 1 aromatic rings. The first-order valence-electron chi connectivity index (χ1n) is 5.63. The summed E-state index contributed by atoms with van der Waals surface area (Å²) in [4.78, 5) is 4.37. The van der Waals surface area contributed by atoms with Crippen LogP contribution >= 0.6 is 11.8 Å². The predicted molar refractivity (Wildman–Crippen MR) is 68.6 cm³/mol. The van der Waals surface area contributed by atoms with E-state index in [1.807, 2.05) is 19.2 Å². The van der Waals surface area contributed by atoms with Crippen LogP contribution in [0.3, 0.4) is 0 Å². The van der Waals surface area contributed by atoms with E-state index in [0.29, 0.717) is 0 Å². The highest BCUT2D eigenvalue weighted by Crippen LogP contribution is 2.23. The van der Waals surface area contributed by atoms with Crippen molar-refractivity contribution in [3.8, 4) is 0 Å². The van der Waals surface area contributed by atoms with Gasteiger partial charge in [0, 0.05) is 18.0 Å². The van der Waals surface area contributed by atoms with Gasteiger partial charge in [-0.3, -0.25) is 0 Å². The van der Waals surface area contributed by atoms with E-state index in [4.69, 9.17) is 0 Å². The van der Waals surface area contributed by atoms with Crippen LogP contribution in [0.25, 0.3) is 0 Å². The topological polar surface area (TPSA) is 45.1 Å². The van der Waals surface area contributed by atoms with Crippen LogP contribution < -0.4 is 5.32 Å². The van der Waals surface area contributed by atoms with Crippen molar-refractivity contribution in [1.82, 2.24) is 10.3 Å². The largest absolute Gasteiger partial charge is 0.392 e. The lowest BCUT2D eigenvalue weighted by Gasteiger charge is -2.13. The average Bonchev–Trinajstić information content (AvgIpc) is 2.28. The third kappa shape index (κ3) is 4.51. The summed E-state index contributed by atoms with van der Waals surface area (Å²) in [5.74, 6) is 0. The summed E-state index contributed by atoms with van der Waals surface area (Å²) in [5.41, 5.74) is 1.19. The van der Waals surface area contributed by atoms with Gasteiger partial charge in [0.25, 0.3) is 0 Å². The molecule has 0 radical (unpaired) electrons. The summed E-state index contributed by atoms with van der Waals surface area (Å²) in [7, 11) is 0. The van der Waals surface area contributed by atoms with Crippen LogP contribution in [-0.2, 0) is 6.54 Å². The lowest BCUT2D eigenvalue weighted by Crippen LogP contribution is -2.15.